The molecule has 0 spiro atoms. The van der Waals surface area contributed by atoms with E-state index in [1.54, 1.807) is 18.2 Å². The molecule has 0 bridgehead atoms. The summed E-state index contributed by atoms with van der Waals surface area (Å²) in [6, 6.07) is 15.8. The summed E-state index contributed by atoms with van der Waals surface area (Å²) in [6.07, 6.45) is 5.18. The Morgan fingerprint density at radius 2 is 1.83 bits per heavy atom. The molecule has 8 nitrogen and oxygen atoms in total. The summed E-state index contributed by atoms with van der Waals surface area (Å²) < 4.78 is 30.0. The van der Waals surface area contributed by atoms with Gasteiger partial charge in [0.15, 0.2) is 0 Å². The van der Waals surface area contributed by atoms with E-state index in [0.29, 0.717) is 44.2 Å². The molecule has 6 rings (SSSR count). The van der Waals surface area contributed by atoms with Crippen molar-refractivity contribution in [2.45, 2.75) is 24.9 Å². The Balaban J connectivity index is 1.42. The van der Waals surface area contributed by atoms with E-state index in [2.05, 4.69) is 37.3 Å². The third-order valence-electron chi connectivity index (χ3n) is 7.23. The van der Waals surface area contributed by atoms with Gasteiger partial charge < -0.3 is 16.0 Å². The van der Waals surface area contributed by atoms with Gasteiger partial charge in [0.2, 0.25) is 0 Å². The van der Waals surface area contributed by atoms with Gasteiger partial charge in [0.1, 0.15) is 23.4 Å². The first-order chi connectivity index (χ1) is 20.4. The van der Waals surface area contributed by atoms with Crippen LogP contribution < -0.4 is 16.0 Å². The zero-order valence-corrected chi connectivity index (χ0v) is 23.6. The summed E-state index contributed by atoms with van der Waals surface area (Å²) in [5.74, 6) is -0.939. The van der Waals surface area contributed by atoms with Crippen LogP contribution in [0.15, 0.2) is 67.0 Å². The fourth-order valence-electron chi connectivity index (χ4n) is 5.13. The molecule has 1 unspecified atom stereocenters. The Morgan fingerprint density at radius 1 is 1.02 bits per heavy atom. The van der Waals surface area contributed by atoms with Crippen LogP contribution in [0.4, 0.5) is 25.8 Å². The maximum Gasteiger partial charge on any atom is 0.141 e. The summed E-state index contributed by atoms with van der Waals surface area (Å²) in [7, 11) is 0. The standard InChI is InChI=1S/C30H24Cl2F2N8/c31-24-12-20(4-5-26(24)34)38-28-18(14-35)15-37-30-23(28)11-21(13-25(30)32)39-29(17-2-1-3-19(33)10-17)27-16-42(41-40-27)22-6-8-36-9-7-22/h1-5,10-13,15-16,22,29,36,39H,6-9H2,(H,37,38). The molecule has 1 saturated heterocycles. The molecule has 1 aliphatic heterocycles. The maximum absolute atomic E-state index is 14.4. The molecule has 0 aliphatic carbocycles. The number of fused-ring (bicyclic) bond motifs is 1. The van der Waals surface area contributed by atoms with E-state index in [0.717, 1.165) is 25.9 Å². The molecule has 2 aromatic heterocycles. The molecular weight excluding hydrogens is 581 g/mol. The van der Waals surface area contributed by atoms with Gasteiger partial charge in [-0.3, -0.25) is 4.98 Å². The first-order valence-corrected chi connectivity index (χ1v) is 14.0. The van der Waals surface area contributed by atoms with E-state index in [-0.39, 0.29) is 22.4 Å². The number of halogens is 4. The molecule has 3 aromatic carbocycles. The summed E-state index contributed by atoms with van der Waals surface area (Å²) >= 11 is 12.7. The van der Waals surface area contributed by atoms with Crippen molar-refractivity contribution in [2.24, 2.45) is 0 Å². The zero-order valence-electron chi connectivity index (χ0n) is 22.1. The largest absolute Gasteiger partial charge is 0.373 e. The fourth-order valence-corrected chi connectivity index (χ4v) is 5.58. The van der Waals surface area contributed by atoms with Crippen LogP contribution in [0.5, 0.6) is 0 Å². The predicted octanol–water partition coefficient (Wildman–Crippen LogP) is 7.15. The van der Waals surface area contributed by atoms with E-state index >= 15 is 0 Å². The molecule has 0 amide bonds. The minimum absolute atomic E-state index is 0.0623. The van der Waals surface area contributed by atoms with E-state index in [1.165, 1.54) is 36.5 Å². The van der Waals surface area contributed by atoms with Crippen LogP contribution >= 0.6 is 23.2 Å². The number of piperidine rings is 1. The van der Waals surface area contributed by atoms with E-state index in [4.69, 9.17) is 23.2 Å². The van der Waals surface area contributed by atoms with E-state index in [1.807, 2.05) is 16.9 Å². The molecule has 212 valence electrons. The minimum atomic E-state index is -0.566. The van der Waals surface area contributed by atoms with Crippen molar-refractivity contribution in [1.82, 2.24) is 25.3 Å². The van der Waals surface area contributed by atoms with Gasteiger partial charge in [0.05, 0.1) is 45.1 Å². The number of hydrogen-bond donors (Lipinski definition) is 3. The number of hydrogen-bond acceptors (Lipinski definition) is 7. The van der Waals surface area contributed by atoms with Crippen LogP contribution in [0, 0.1) is 23.0 Å². The summed E-state index contributed by atoms with van der Waals surface area (Å²) in [5, 5.41) is 29.5. The number of nitrogens with zero attached hydrogens (tertiary/aromatic N) is 5. The molecule has 3 N–H and O–H groups in total. The molecule has 1 fully saturated rings. The van der Waals surface area contributed by atoms with Crippen LogP contribution in [0.3, 0.4) is 0 Å². The maximum atomic E-state index is 14.4. The van der Waals surface area contributed by atoms with Crippen LogP contribution in [-0.2, 0) is 0 Å². The van der Waals surface area contributed by atoms with Crippen LogP contribution in [0.25, 0.3) is 10.9 Å². The number of rotatable bonds is 7. The van der Waals surface area contributed by atoms with Gasteiger partial charge in [-0.25, -0.2) is 13.5 Å². The summed E-state index contributed by atoms with van der Waals surface area (Å²) in [4.78, 5) is 4.40. The first-order valence-electron chi connectivity index (χ1n) is 13.3. The normalized spacial score (nSPS) is 14.5. The highest BCUT2D eigenvalue weighted by molar-refractivity contribution is 6.36. The minimum Gasteiger partial charge on any atom is -0.373 e. The van der Waals surface area contributed by atoms with Crippen molar-refractivity contribution >= 4 is 51.2 Å². The van der Waals surface area contributed by atoms with Gasteiger partial charge in [0, 0.05) is 23.0 Å². The van der Waals surface area contributed by atoms with Gasteiger partial charge in [-0.1, -0.05) is 40.5 Å². The summed E-state index contributed by atoms with van der Waals surface area (Å²) in [6.45, 7) is 1.81. The third-order valence-corrected chi connectivity index (χ3v) is 7.81. The lowest BCUT2D eigenvalue weighted by molar-refractivity contribution is 0.337. The third kappa shape index (κ3) is 5.72. The topological polar surface area (TPSA) is 103 Å². The van der Waals surface area contributed by atoms with Gasteiger partial charge in [0.25, 0.3) is 0 Å². The number of pyridine rings is 1. The molecule has 12 heteroatoms. The van der Waals surface area contributed by atoms with Gasteiger partial charge in [-0.05, 0) is 74.0 Å². The molecule has 1 aliphatic rings. The lowest BCUT2D eigenvalue weighted by Gasteiger charge is -2.22. The second-order valence-electron chi connectivity index (χ2n) is 10.0. The average Bonchev–Trinajstić information content (AvgIpc) is 3.49. The average molecular weight is 605 g/mol. The van der Waals surface area contributed by atoms with Crippen molar-refractivity contribution in [3.63, 3.8) is 0 Å². The molecule has 42 heavy (non-hydrogen) atoms. The SMILES string of the molecule is N#Cc1cnc2c(Cl)cc(NC(c3cccc(F)c3)c3cn(C4CCNCC4)nn3)cc2c1Nc1ccc(F)c(Cl)c1. The van der Waals surface area contributed by atoms with Crippen molar-refractivity contribution < 1.29 is 8.78 Å². The number of nitrogens with one attached hydrogen (secondary N) is 3. The first kappa shape index (κ1) is 27.8. The Morgan fingerprint density at radius 3 is 2.60 bits per heavy atom. The molecular formula is C30H24Cl2F2N8. The van der Waals surface area contributed by atoms with E-state index < -0.39 is 11.9 Å². The highest BCUT2D eigenvalue weighted by atomic mass is 35.5. The highest BCUT2D eigenvalue weighted by Crippen LogP contribution is 2.37. The highest BCUT2D eigenvalue weighted by Gasteiger charge is 2.23. The van der Waals surface area contributed by atoms with Crippen molar-refractivity contribution in [3.05, 3.63) is 105 Å². The Labute approximate surface area is 250 Å². The Kier molecular flexibility index (Phi) is 7.89. The molecule has 1 atom stereocenters. The quantitative estimate of drug-likeness (QED) is 0.181. The smallest absolute Gasteiger partial charge is 0.141 e. The van der Waals surface area contributed by atoms with Crippen LogP contribution in [0.1, 0.15) is 41.7 Å². The van der Waals surface area contributed by atoms with E-state index in [9.17, 15) is 14.0 Å². The number of anilines is 3. The predicted molar refractivity (Wildman–Crippen MR) is 159 cm³/mol. The summed E-state index contributed by atoms with van der Waals surface area (Å²) in [5.41, 5.74) is 3.45. The zero-order chi connectivity index (χ0) is 29.2. The van der Waals surface area contributed by atoms with Gasteiger partial charge >= 0.3 is 0 Å². The van der Waals surface area contributed by atoms with Crippen LogP contribution in [-0.4, -0.2) is 33.1 Å². The monoisotopic (exact) mass is 604 g/mol. The Bertz CT molecular complexity index is 1810. The number of nitriles is 1. The lowest BCUT2D eigenvalue weighted by Crippen LogP contribution is -2.29. The Hall–Kier alpha value is -4.30. The van der Waals surface area contributed by atoms with Crippen LogP contribution in [0.2, 0.25) is 10.0 Å². The molecule has 5 aromatic rings. The fraction of sp³-hybridized carbons (Fsp3) is 0.200. The molecule has 3 heterocycles. The lowest BCUT2D eigenvalue weighted by atomic mass is 10.0. The number of aromatic nitrogens is 4. The van der Waals surface area contributed by atoms with Crippen molar-refractivity contribution in [3.8, 4) is 6.07 Å². The second kappa shape index (κ2) is 11.9. The second-order valence-corrected chi connectivity index (χ2v) is 10.8. The number of benzene rings is 3. The molecule has 0 saturated carbocycles. The van der Waals surface area contributed by atoms with Gasteiger partial charge in [-0.2, -0.15) is 5.26 Å². The van der Waals surface area contributed by atoms with Crippen molar-refractivity contribution in [1.29, 1.82) is 5.26 Å². The molecule has 0 radical (unpaired) electrons. The van der Waals surface area contributed by atoms with Gasteiger partial charge in [-0.15, -0.1) is 5.10 Å². The van der Waals surface area contributed by atoms with Crippen molar-refractivity contribution in [2.75, 3.05) is 23.7 Å².